The minimum Gasteiger partial charge on any atom is -0.475 e. The van der Waals surface area contributed by atoms with Crippen molar-refractivity contribution in [1.29, 1.82) is 5.26 Å². The standard InChI is InChI=1S/C15H10N2O5/c16-9-11-5-7-12(8-6-11)22-15(18)10-21-14-4-2-1-3-13(14)17(19)20/h1-8H,10H2. The summed E-state index contributed by atoms with van der Waals surface area (Å²) in [5, 5.41) is 19.5. The molecule has 2 aromatic carbocycles. The van der Waals surface area contributed by atoms with Crippen LogP contribution in [-0.2, 0) is 4.79 Å². The van der Waals surface area contributed by atoms with Gasteiger partial charge < -0.3 is 9.47 Å². The van der Waals surface area contributed by atoms with Crippen LogP contribution in [0.15, 0.2) is 48.5 Å². The van der Waals surface area contributed by atoms with Gasteiger partial charge in [-0.1, -0.05) is 12.1 Å². The summed E-state index contributed by atoms with van der Waals surface area (Å²) in [4.78, 5) is 21.8. The molecule has 0 saturated heterocycles. The minimum atomic E-state index is -0.706. The van der Waals surface area contributed by atoms with E-state index in [1.807, 2.05) is 6.07 Å². The molecule has 0 saturated carbocycles. The first kappa shape index (κ1) is 15.0. The molecule has 2 aromatic rings. The van der Waals surface area contributed by atoms with E-state index in [9.17, 15) is 14.9 Å². The van der Waals surface area contributed by atoms with Crippen molar-refractivity contribution in [2.75, 3.05) is 6.61 Å². The molecule has 0 fully saturated rings. The van der Waals surface area contributed by atoms with Gasteiger partial charge in [-0.3, -0.25) is 10.1 Å². The molecule has 0 radical (unpaired) electrons. The summed E-state index contributed by atoms with van der Waals surface area (Å²) in [5.74, 6) is -0.456. The Morgan fingerprint density at radius 1 is 1.18 bits per heavy atom. The molecule has 0 aliphatic heterocycles. The lowest BCUT2D eigenvalue weighted by atomic mass is 10.2. The van der Waals surface area contributed by atoms with Crippen LogP contribution < -0.4 is 9.47 Å². The summed E-state index contributed by atoms with van der Waals surface area (Å²) < 4.78 is 10.1. The Kier molecular flexibility index (Phi) is 4.67. The van der Waals surface area contributed by atoms with Crippen molar-refractivity contribution in [3.8, 4) is 17.6 Å². The van der Waals surface area contributed by atoms with E-state index in [2.05, 4.69) is 0 Å². The van der Waals surface area contributed by atoms with Crippen molar-refractivity contribution in [3.63, 3.8) is 0 Å². The van der Waals surface area contributed by atoms with E-state index in [0.29, 0.717) is 5.56 Å². The van der Waals surface area contributed by atoms with Gasteiger partial charge in [0.2, 0.25) is 0 Å². The molecular formula is C15H10N2O5. The number of nitrogens with zero attached hydrogens (tertiary/aromatic N) is 2. The molecule has 0 atom stereocenters. The normalized spacial score (nSPS) is 9.59. The van der Waals surface area contributed by atoms with E-state index in [0.717, 1.165) is 0 Å². The quantitative estimate of drug-likeness (QED) is 0.363. The third-order valence-electron chi connectivity index (χ3n) is 2.62. The van der Waals surface area contributed by atoms with E-state index in [-0.39, 0.29) is 17.2 Å². The SMILES string of the molecule is N#Cc1ccc(OC(=O)COc2ccccc2[N+](=O)[O-])cc1. The van der Waals surface area contributed by atoms with Crippen molar-refractivity contribution >= 4 is 11.7 Å². The van der Waals surface area contributed by atoms with Gasteiger partial charge in [0.25, 0.3) is 0 Å². The zero-order valence-corrected chi connectivity index (χ0v) is 11.3. The fourth-order valence-corrected chi connectivity index (χ4v) is 1.63. The van der Waals surface area contributed by atoms with E-state index < -0.39 is 17.5 Å². The second-order valence-electron chi connectivity index (χ2n) is 4.12. The number of ether oxygens (including phenoxy) is 2. The van der Waals surface area contributed by atoms with Crippen molar-refractivity contribution in [1.82, 2.24) is 0 Å². The molecule has 0 aromatic heterocycles. The summed E-state index contributed by atoms with van der Waals surface area (Å²) in [5.41, 5.74) is 0.213. The fraction of sp³-hybridized carbons (Fsp3) is 0.0667. The Balaban J connectivity index is 1.95. The fourth-order valence-electron chi connectivity index (χ4n) is 1.63. The maximum atomic E-state index is 11.6. The number of nitriles is 1. The van der Waals surface area contributed by atoms with Gasteiger partial charge in [-0.2, -0.15) is 5.26 Å². The highest BCUT2D eigenvalue weighted by Gasteiger charge is 2.15. The Hall–Kier alpha value is -3.40. The summed E-state index contributed by atoms with van der Waals surface area (Å²) in [6, 6.07) is 13.6. The lowest BCUT2D eigenvalue weighted by Gasteiger charge is -2.07. The number of carbonyl (C=O) groups excluding carboxylic acids is 1. The molecular weight excluding hydrogens is 288 g/mol. The predicted molar refractivity (Wildman–Crippen MR) is 75.4 cm³/mol. The number of para-hydroxylation sites is 2. The van der Waals surface area contributed by atoms with Gasteiger partial charge in [-0.05, 0) is 30.3 Å². The number of nitro groups is 1. The molecule has 0 heterocycles. The Morgan fingerprint density at radius 2 is 1.86 bits per heavy atom. The molecule has 110 valence electrons. The summed E-state index contributed by atoms with van der Waals surface area (Å²) in [7, 11) is 0. The molecule has 22 heavy (non-hydrogen) atoms. The van der Waals surface area contributed by atoms with Gasteiger partial charge in [0.15, 0.2) is 12.4 Å². The summed E-state index contributed by atoms with van der Waals surface area (Å²) in [6.45, 7) is -0.467. The second kappa shape index (κ2) is 6.85. The van der Waals surface area contributed by atoms with Gasteiger partial charge in [0, 0.05) is 6.07 Å². The van der Waals surface area contributed by atoms with E-state index in [1.54, 1.807) is 6.07 Å². The first-order chi connectivity index (χ1) is 10.6. The van der Waals surface area contributed by atoms with Gasteiger partial charge in [-0.25, -0.2) is 4.79 Å². The van der Waals surface area contributed by atoms with Crippen molar-refractivity contribution in [3.05, 3.63) is 64.2 Å². The predicted octanol–water partition coefficient (Wildman–Crippen LogP) is 2.45. The lowest BCUT2D eigenvalue weighted by Crippen LogP contribution is -2.18. The van der Waals surface area contributed by atoms with E-state index in [1.165, 1.54) is 42.5 Å². The zero-order valence-electron chi connectivity index (χ0n) is 11.3. The molecule has 0 unspecified atom stereocenters. The van der Waals surface area contributed by atoms with Gasteiger partial charge in [-0.15, -0.1) is 0 Å². The highest BCUT2D eigenvalue weighted by molar-refractivity contribution is 5.74. The monoisotopic (exact) mass is 298 g/mol. The van der Waals surface area contributed by atoms with Crippen molar-refractivity contribution in [2.45, 2.75) is 0 Å². The number of carbonyl (C=O) groups is 1. The number of hydrogen-bond acceptors (Lipinski definition) is 6. The minimum absolute atomic E-state index is 0.00993. The van der Waals surface area contributed by atoms with Crippen LogP contribution in [0.2, 0.25) is 0 Å². The van der Waals surface area contributed by atoms with Crippen molar-refractivity contribution < 1.29 is 19.2 Å². The number of rotatable bonds is 5. The highest BCUT2D eigenvalue weighted by Crippen LogP contribution is 2.25. The third-order valence-corrected chi connectivity index (χ3v) is 2.62. The van der Waals surface area contributed by atoms with Crippen LogP contribution in [0.25, 0.3) is 0 Å². The van der Waals surface area contributed by atoms with Crippen LogP contribution in [0.4, 0.5) is 5.69 Å². The van der Waals surface area contributed by atoms with Gasteiger partial charge in [0.1, 0.15) is 5.75 Å². The molecule has 0 amide bonds. The van der Waals surface area contributed by atoms with E-state index >= 15 is 0 Å². The van der Waals surface area contributed by atoms with Crippen LogP contribution in [0.3, 0.4) is 0 Å². The van der Waals surface area contributed by atoms with Crippen LogP contribution >= 0.6 is 0 Å². The summed E-state index contributed by atoms with van der Waals surface area (Å²) in [6.07, 6.45) is 0. The van der Waals surface area contributed by atoms with Crippen LogP contribution in [0, 0.1) is 21.4 Å². The van der Waals surface area contributed by atoms with Crippen LogP contribution in [-0.4, -0.2) is 17.5 Å². The third kappa shape index (κ3) is 3.80. The highest BCUT2D eigenvalue weighted by atomic mass is 16.6. The average molecular weight is 298 g/mol. The van der Waals surface area contributed by atoms with Crippen LogP contribution in [0.1, 0.15) is 5.56 Å². The molecule has 0 spiro atoms. The van der Waals surface area contributed by atoms with Crippen molar-refractivity contribution in [2.24, 2.45) is 0 Å². The smallest absolute Gasteiger partial charge is 0.349 e. The second-order valence-corrected chi connectivity index (χ2v) is 4.12. The largest absolute Gasteiger partial charge is 0.475 e. The number of hydrogen-bond donors (Lipinski definition) is 0. The van der Waals surface area contributed by atoms with Crippen LogP contribution in [0.5, 0.6) is 11.5 Å². The molecule has 7 heteroatoms. The topological polar surface area (TPSA) is 102 Å². The molecule has 0 bridgehead atoms. The zero-order chi connectivity index (χ0) is 15.9. The Morgan fingerprint density at radius 3 is 2.50 bits per heavy atom. The first-order valence-corrected chi connectivity index (χ1v) is 6.17. The van der Waals surface area contributed by atoms with Gasteiger partial charge in [0.05, 0.1) is 16.6 Å². The maximum absolute atomic E-state index is 11.6. The van der Waals surface area contributed by atoms with E-state index in [4.69, 9.17) is 14.7 Å². The summed E-state index contributed by atoms with van der Waals surface area (Å²) >= 11 is 0. The maximum Gasteiger partial charge on any atom is 0.349 e. The lowest BCUT2D eigenvalue weighted by molar-refractivity contribution is -0.385. The Bertz CT molecular complexity index is 734. The average Bonchev–Trinajstić information content (AvgIpc) is 2.54. The molecule has 0 aliphatic rings. The Labute approximate surface area is 125 Å². The molecule has 7 nitrogen and oxygen atoms in total. The van der Waals surface area contributed by atoms with Gasteiger partial charge >= 0.3 is 11.7 Å². The number of nitro benzene ring substituents is 1. The number of benzene rings is 2. The molecule has 0 N–H and O–H groups in total. The molecule has 2 rings (SSSR count). The molecule has 0 aliphatic carbocycles. The first-order valence-electron chi connectivity index (χ1n) is 6.17. The number of esters is 1.